The van der Waals surface area contributed by atoms with Crippen LogP contribution in [0.1, 0.15) is 18.4 Å². The predicted molar refractivity (Wildman–Crippen MR) is 76.0 cm³/mol. The van der Waals surface area contributed by atoms with Gasteiger partial charge in [0.1, 0.15) is 0 Å². The molecule has 0 unspecified atom stereocenters. The van der Waals surface area contributed by atoms with Crippen LogP contribution in [0.3, 0.4) is 0 Å². The van der Waals surface area contributed by atoms with Crippen molar-refractivity contribution in [1.82, 2.24) is 0 Å². The summed E-state index contributed by atoms with van der Waals surface area (Å²) in [6.45, 7) is 1.99. The highest BCUT2D eigenvalue weighted by atomic mass is 79.9. The van der Waals surface area contributed by atoms with Gasteiger partial charge in [-0.25, -0.2) is 0 Å². The molecule has 0 atom stereocenters. The summed E-state index contributed by atoms with van der Waals surface area (Å²) in [7, 11) is 0. The molecule has 0 heterocycles. The number of carbonyl (C=O) groups excluding carboxylic acids is 1. The first-order valence-corrected chi connectivity index (χ1v) is 6.53. The molecule has 3 nitrogen and oxygen atoms in total. The Bertz CT molecular complexity index is 497. The molecule has 1 fully saturated rings. The Balaban J connectivity index is 2.17. The fourth-order valence-corrected chi connectivity index (χ4v) is 2.56. The zero-order valence-electron chi connectivity index (χ0n) is 9.42. The number of amides is 1. The molecular weight excluding hydrogens is 300 g/mol. The standard InChI is InChI=1S/C12H13BrN2OS/c1-7-2-3-9(8(13)6-7)15-11(16)12(4-5-12)10(14)17/h2-3,6H,4-5H2,1H3,(H2,14,17)(H,15,16). The van der Waals surface area contributed by atoms with Gasteiger partial charge in [0.25, 0.3) is 0 Å². The lowest BCUT2D eigenvalue weighted by molar-refractivity contribution is -0.118. The molecule has 1 aliphatic rings. The molecule has 1 amide bonds. The summed E-state index contributed by atoms with van der Waals surface area (Å²) in [6.07, 6.45) is 1.50. The van der Waals surface area contributed by atoms with Gasteiger partial charge in [0.2, 0.25) is 5.91 Å². The normalized spacial score (nSPS) is 16.4. The Hall–Kier alpha value is -0.940. The summed E-state index contributed by atoms with van der Waals surface area (Å²) in [5.74, 6) is -0.102. The van der Waals surface area contributed by atoms with E-state index >= 15 is 0 Å². The maximum Gasteiger partial charge on any atom is 0.237 e. The summed E-state index contributed by atoms with van der Waals surface area (Å²) < 4.78 is 0.865. The molecule has 90 valence electrons. The maximum atomic E-state index is 12.1. The van der Waals surface area contributed by atoms with Crippen molar-refractivity contribution >= 4 is 44.7 Å². The van der Waals surface area contributed by atoms with Crippen LogP contribution in [-0.4, -0.2) is 10.9 Å². The highest BCUT2D eigenvalue weighted by molar-refractivity contribution is 9.10. The molecule has 3 N–H and O–H groups in total. The van der Waals surface area contributed by atoms with Gasteiger partial charge >= 0.3 is 0 Å². The van der Waals surface area contributed by atoms with Gasteiger partial charge in [-0.15, -0.1) is 0 Å². The second kappa shape index (κ2) is 4.38. The van der Waals surface area contributed by atoms with Gasteiger partial charge in [0, 0.05) is 4.47 Å². The van der Waals surface area contributed by atoms with Crippen LogP contribution in [0.15, 0.2) is 22.7 Å². The van der Waals surface area contributed by atoms with Gasteiger partial charge in [-0.05, 0) is 53.4 Å². The van der Waals surface area contributed by atoms with E-state index in [0.717, 1.165) is 28.6 Å². The fraction of sp³-hybridized carbons (Fsp3) is 0.333. The van der Waals surface area contributed by atoms with Crippen molar-refractivity contribution < 1.29 is 4.79 Å². The number of hydrogen-bond donors (Lipinski definition) is 2. The Morgan fingerprint density at radius 3 is 2.65 bits per heavy atom. The third-order valence-electron chi connectivity index (χ3n) is 3.03. The molecule has 0 aliphatic heterocycles. The third kappa shape index (κ3) is 2.35. The lowest BCUT2D eigenvalue weighted by Crippen LogP contribution is -2.35. The molecule has 1 aliphatic carbocycles. The van der Waals surface area contributed by atoms with Crippen LogP contribution in [-0.2, 0) is 4.79 Å². The predicted octanol–water partition coefficient (Wildman–Crippen LogP) is 2.76. The van der Waals surface area contributed by atoms with E-state index < -0.39 is 5.41 Å². The zero-order valence-corrected chi connectivity index (χ0v) is 11.8. The number of thiocarbonyl (C=S) groups is 1. The highest BCUT2D eigenvalue weighted by Gasteiger charge is 2.52. The third-order valence-corrected chi connectivity index (χ3v) is 4.08. The van der Waals surface area contributed by atoms with E-state index in [0.29, 0.717) is 4.99 Å². The number of carbonyl (C=O) groups is 1. The Morgan fingerprint density at radius 2 is 2.18 bits per heavy atom. The van der Waals surface area contributed by atoms with Gasteiger partial charge in [-0.3, -0.25) is 4.79 Å². The number of hydrogen-bond acceptors (Lipinski definition) is 2. The second-order valence-electron chi connectivity index (χ2n) is 4.38. The van der Waals surface area contributed by atoms with E-state index in [1.54, 1.807) is 0 Å². The summed E-state index contributed by atoms with van der Waals surface area (Å²) in [5, 5.41) is 2.87. The number of anilines is 1. The first kappa shape index (κ1) is 12.5. The molecule has 0 aromatic heterocycles. The SMILES string of the molecule is Cc1ccc(NC(=O)C2(C(N)=S)CC2)c(Br)c1. The van der Waals surface area contributed by atoms with E-state index in [1.165, 1.54) is 0 Å². The molecule has 0 saturated heterocycles. The van der Waals surface area contributed by atoms with Gasteiger partial charge < -0.3 is 11.1 Å². The minimum absolute atomic E-state index is 0.102. The van der Waals surface area contributed by atoms with Gasteiger partial charge in [-0.2, -0.15) is 0 Å². The Morgan fingerprint density at radius 1 is 1.53 bits per heavy atom. The van der Waals surface area contributed by atoms with Crippen molar-refractivity contribution in [3.05, 3.63) is 28.2 Å². The Kier molecular flexibility index (Phi) is 3.23. The Labute approximate surface area is 114 Å². The van der Waals surface area contributed by atoms with Crippen molar-refractivity contribution in [3.63, 3.8) is 0 Å². The van der Waals surface area contributed by atoms with Crippen LogP contribution in [0.4, 0.5) is 5.69 Å². The minimum atomic E-state index is -0.611. The summed E-state index contributed by atoms with van der Waals surface area (Å²) in [4.78, 5) is 12.4. The number of halogens is 1. The molecule has 1 saturated carbocycles. The quantitative estimate of drug-likeness (QED) is 0.844. The van der Waals surface area contributed by atoms with E-state index in [4.69, 9.17) is 18.0 Å². The van der Waals surface area contributed by atoms with Gasteiger partial charge in [0.05, 0.1) is 16.1 Å². The summed E-state index contributed by atoms with van der Waals surface area (Å²) in [6, 6.07) is 5.77. The number of rotatable bonds is 3. The molecule has 0 radical (unpaired) electrons. The van der Waals surface area contributed by atoms with Crippen molar-refractivity contribution in [3.8, 4) is 0 Å². The van der Waals surface area contributed by atoms with E-state index in [2.05, 4.69) is 21.2 Å². The van der Waals surface area contributed by atoms with E-state index in [-0.39, 0.29) is 5.91 Å². The zero-order chi connectivity index (χ0) is 12.6. The van der Waals surface area contributed by atoms with Gasteiger partial charge in [-0.1, -0.05) is 18.3 Å². The van der Waals surface area contributed by atoms with Crippen molar-refractivity contribution in [1.29, 1.82) is 0 Å². The van der Waals surface area contributed by atoms with Crippen LogP contribution in [0.2, 0.25) is 0 Å². The lowest BCUT2D eigenvalue weighted by atomic mass is 10.1. The molecule has 2 rings (SSSR count). The second-order valence-corrected chi connectivity index (χ2v) is 5.68. The first-order chi connectivity index (χ1) is 7.95. The molecule has 0 bridgehead atoms. The summed E-state index contributed by atoms with van der Waals surface area (Å²) in [5.41, 5.74) is 6.88. The van der Waals surface area contributed by atoms with Crippen molar-refractivity contribution in [2.24, 2.45) is 11.1 Å². The van der Waals surface area contributed by atoms with Crippen LogP contribution < -0.4 is 11.1 Å². The van der Waals surface area contributed by atoms with E-state index in [9.17, 15) is 4.79 Å². The molecule has 1 aromatic rings. The fourth-order valence-electron chi connectivity index (χ4n) is 1.67. The van der Waals surface area contributed by atoms with Crippen molar-refractivity contribution in [2.75, 3.05) is 5.32 Å². The number of benzene rings is 1. The first-order valence-electron chi connectivity index (χ1n) is 5.33. The molecule has 17 heavy (non-hydrogen) atoms. The monoisotopic (exact) mass is 312 g/mol. The van der Waals surface area contributed by atoms with Crippen LogP contribution >= 0.6 is 28.1 Å². The molecule has 1 aromatic carbocycles. The molecular formula is C12H13BrN2OS. The lowest BCUT2D eigenvalue weighted by Gasteiger charge is -2.14. The average Bonchev–Trinajstić information content (AvgIpc) is 3.02. The average molecular weight is 313 g/mol. The van der Waals surface area contributed by atoms with Crippen LogP contribution in [0, 0.1) is 12.3 Å². The molecule has 0 spiro atoms. The van der Waals surface area contributed by atoms with Crippen LogP contribution in [0.25, 0.3) is 0 Å². The number of aryl methyl sites for hydroxylation is 1. The van der Waals surface area contributed by atoms with E-state index in [1.807, 2.05) is 25.1 Å². The number of nitrogens with two attached hydrogens (primary N) is 1. The topological polar surface area (TPSA) is 55.1 Å². The largest absolute Gasteiger partial charge is 0.392 e. The smallest absolute Gasteiger partial charge is 0.237 e. The van der Waals surface area contributed by atoms with Gasteiger partial charge in [0.15, 0.2) is 0 Å². The molecule has 5 heteroatoms. The number of nitrogens with one attached hydrogen (secondary N) is 1. The minimum Gasteiger partial charge on any atom is -0.392 e. The summed E-state index contributed by atoms with van der Waals surface area (Å²) >= 11 is 8.37. The maximum absolute atomic E-state index is 12.1. The van der Waals surface area contributed by atoms with Crippen molar-refractivity contribution in [2.45, 2.75) is 19.8 Å². The highest BCUT2D eigenvalue weighted by Crippen LogP contribution is 2.47. The van der Waals surface area contributed by atoms with Crippen LogP contribution in [0.5, 0.6) is 0 Å².